The minimum absolute atomic E-state index is 0.243. The van der Waals surface area contributed by atoms with Crippen molar-refractivity contribution in [2.24, 2.45) is 0 Å². The summed E-state index contributed by atoms with van der Waals surface area (Å²) in [6.45, 7) is 2.54. The van der Waals surface area contributed by atoms with Gasteiger partial charge in [-0.25, -0.2) is 0 Å². The molecular weight excluding hydrogens is 340 g/mol. The molecule has 0 aliphatic heterocycles. The van der Waals surface area contributed by atoms with E-state index in [1.165, 1.54) is 5.56 Å². The van der Waals surface area contributed by atoms with Crippen molar-refractivity contribution in [1.29, 1.82) is 0 Å². The zero-order valence-electron chi connectivity index (χ0n) is 15.4. The highest BCUT2D eigenvalue weighted by Gasteiger charge is 2.08. The quantitative estimate of drug-likeness (QED) is 0.673. The van der Waals surface area contributed by atoms with E-state index in [0.29, 0.717) is 18.8 Å². The Hall–Kier alpha value is -3.41. The number of anilines is 2. The molecule has 1 aromatic heterocycles. The van der Waals surface area contributed by atoms with Crippen molar-refractivity contribution in [2.75, 3.05) is 19.0 Å². The predicted octanol–water partition coefficient (Wildman–Crippen LogP) is 3.51. The molecule has 0 atom stereocenters. The van der Waals surface area contributed by atoms with Gasteiger partial charge in [0.15, 0.2) is 11.5 Å². The van der Waals surface area contributed by atoms with Gasteiger partial charge in [-0.05, 0) is 55.3 Å². The fraction of sp³-hybridized carbons (Fsp3) is 0.190. The van der Waals surface area contributed by atoms with Crippen molar-refractivity contribution >= 4 is 17.4 Å². The Morgan fingerprint density at radius 3 is 2.56 bits per heavy atom. The number of hydrogen-bond donors (Lipinski definition) is 2. The number of amides is 1. The predicted molar refractivity (Wildman–Crippen MR) is 106 cm³/mol. The van der Waals surface area contributed by atoms with Gasteiger partial charge in [-0.1, -0.05) is 29.8 Å². The van der Waals surface area contributed by atoms with E-state index in [-0.39, 0.29) is 11.6 Å². The molecular formula is C21H22N4O2. The number of carbonyl (C=O) groups excluding carboxylic acids is 1. The van der Waals surface area contributed by atoms with Crippen LogP contribution in [0, 0.1) is 6.92 Å². The third kappa shape index (κ3) is 5.28. The van der Waals surface area contributed by atoms with Crippen LogP contribution in [0.15, 0.2) is 60.7 Å². The van der Waals surface area contributed by atoms with Gasteiger partial charge in [0.05, 0.1) is 7.11 Å². The second kappa shape index (κ2) is 8.80. The molecule has 2 aromatic carbocycles. The van der Waals surface area contributed by atoms with E-state index >= 15 is 0 Å². The minimum Gasteiger partial charge on any atom is -0.497 e. The zero-order valence-corrected chi connectivity index (χ0v) is 15.4. The van der Waals surface area contributed by atoms with E-state index in [0.717, 1.165) is 17.0 Å². The number of nitrogens with zero attached hydrogens (tertiary/aromatic N) is 2. The van der Waals surface area contributed by atoms with E-state index < -0.39 is 0 Å². The Kier molecular flexibility index (Phi) is 5.99. The van der Waals surface area contributed by atoms with Gasteiger partial charge in [0.25, 0.3) is 5.91 Å². The summed E-state index contributed by atoms with van der Waals surface area (Å²) in [7, 11) is 1.64. The molecule has 27 heavy (non-hydrogen) atoms. The van der Waals surface area contributed by atoms with Crippen LogP contribution in [-0.2, 0) is 6.42 Å². The molecule has 0 radical (unpaired) electrons. The van der Waals surface area contributed by atoms with E-state index in [1.54, 1.807) is 19.2 Å². The summed E-state index contributed by atoms with van der Waals surface area (Å²) in [5.41, 5.74) is 3.49. The van der Waals surface area contributed by atoms with Gasteiger partial charge < -0.3 is 15.4 Å². The highest BCUT2D eigenvalue weighted by Crippen LogP contribution is 2.15. The Labute approximate surface area is 158 Å². The third-order valence-corrected chi connectivity index (χ3v) is 4.05. The molecule has 0 fully saturated rings. The highest BCUT2D eigenvalue weighted by molar-refractivity contribution is 5.92. The summed E-state index contributed by atoms with van der Waals surface area (Å²) >= 11 is 0. The van der Waals surface area contributed by atoms with Crippen LogP contribution in [0.1, 0.15) is 21.6 Å². The lowest BCUT2D eigenvalue weighted by molar-refractivity contribution is 0.0948. The standard InChI is InChI=1S/C21H22N4O2/c1-15-6-8-17(9-7-15)23-20-11-10-19(24-25-20)21(26)22-13-12-16-4-3-5-18(14-16)27-2/h3-11,14H,12-13H2,1-2H3,(H,22,26)(H,23,25). The number of aromatic nitrogens is 2. The van der Waals surface area contributed by atoms with Crippen molar-refractivity contribution in [3.63, 3.8) is 0 Å². The maximum absolute atomic E-state index is 12.2. The van der Waals surface area contributed by atoms with Crippen molar-refractivity contribution in [1.82, 2.24) is 15.5 Å². The van der Waals surface area contributed by atoms with E-state index in [9.17, 15) is 4.79 Å². The van der Waals surface area contributed by atoms with Crippen LogP contribution in [0.25, 0.3) is 0 Å². The summed E-state index contributed by atoms with van der Waals surface area (Å²) in [4.78, 5) is 12.2. The first-order valence-corrected chi connectivity index (χ1v) is 8.72. The van der Waals surface area contributed by atoms with Crippen LogP contribution in [0.2, 0.25) is 0 Å². The number of carbonyl (C=O) groups is 1. The summed E-state index contributed by atoms with van der Waals surface area (Å²) in [5, 5.41) is 14.1. The van der Waals surface area contributed by atoms with Crippen molar-refractivity contribution < 1.29 is 9.53 Å². The molecule has 0 aliphatic carbocycles. The normalized spacial score (nSPS) is 10.3. The molecule has 3 rings (SSSR count). The van der Waals surface area contributed by atoms with E-state index in [1.807, 2.05) is 55.5 Å². The van der Waals surface area contributed by atoms with Crippen LogP contribution in [0.4, 0.5) is 11.5 Å². The SMILES string of the molecule is COc1cccc(CCNC(=O)c2ccc(Nc3ccc(C)cc3)nn2)c1. The summed E-state index contributed by atoms with van der Waals surface area (Å²) in [6.07, 6.45) is 0.712. The first kappa shape index (κ1) is 18.4. The van der Waals surface area contributed by atoms with Gasteiger partial charge in [0.2, 0.25) is 0 Å². The van der Waals surface area contributed by atoms with Gasteiger partial charge in [-0.15, -0.1) is 10.2 Å². The summed E-state index contributed by atoms with van der Waals surface area (Å²) in [6, 6.07) is 19.1. The molecule has 3 aromatic rings. The van der Waals surface area contributed by atoms with Crippen LogP contribution in [-0.4, -0.2) is 29.8 Å². The van der Waals surface area contributed by atoms with Crippen molar-refractivity contribution in [2.45, 2.75) is 13.3 Å². The summed E-state index contributed by atoms with van der Waals surface area (Å²) in [5.74, 6) is 1.15. The molecule has 0 unspecified atom stereocenters. The second-order valence-electron chi connectivity index (χ2n) is 6.15. The largest absolute Gasteiger partial charge is 0.497 e. The topological polar surface area (TPSA) is 76.1 Å². The lowest BCUT2D eigenvalue weighted by atomic mass is 10.1. The Bertz CT molecular complexity index is 893. The highest BCUT2D eigenvalue weighted by atomic mass is 16.5. The third-order valence-electron chi connectivity index (χ3n) is 4.05. The molecule has 2 N–H and O–H groups in total. The monoisotopic (exact) mass is 362 g/mol. The van der Waals surface area contributed by atoms with Gasteiger partial charge >= 0.3 is 0 Å². The number of methoxy groups -OCH3 is 1. The molecule has 138 valence electrons. The Morgan fingerprint density at radius 2 is 1.85 bits per heavy atom. The molecule has 0 aliphatic rings. The molecule has 1 heterocycles. The van der Waals surface area contributed by atoms with Crippen LogP contribution in [0.3, 0.4) is 0 Å². The molecule has 0 spiro atoms. The fourth-order valence-corrected chi connectivity index (χ4v) is 2.54. The summed E-state index contributed by atoms with van der Waals surface area (Å²) < 4.78 is 5.20. The lowest BCUT2D eigenvalue weighted by Gasteiger charge is -2.07. The molecule has 1 amide bonds. The number of rotatable bonds is 7. The van der Waals surface area contributed by atoms with Gasteiger partial charge in [0, 0.05) is 12.2 Å². The average Bonchev–Trinajstić information content (AvgIpc) is 2.70. The van der Waals surface area contributed by atoms with Crippen molar-refractivity contribution in [3.05, 3.63) is 77.5 Å². The molecule has 6 heteroatoms. The van der Waals surface area contributed by atoms with Crippen LogP contribution < -0.4 is 15.4 Å². The first-order valence-electron chi connectivity index (χ1n) is 8.72. The smallest absolute Gasteiger partial charge is 0.271 e. The lowest BCUT2D eigenvalue weighted by Crippen LogP contribution is -2.26. The number of benzene rings is 2. The molecule has 6 nitrogen and oxygen atoms in total. The number of ether oxygens (including phenoxy) is 1. The maximum atomic E-state index is 12.2. The first-order chi connectivity index (χ1) is 13.1. The van der Waals surface area contributed by atoms with E-state index in [2.05, 4.69) is 20.8 Å². The van der Waals surface area contributed by atoms with E-state index in [4.69, 9.17) is 4.74 Å². The number of hydrogen-bond acceptors (Lipinski definition) is 5. The van der Waals surface area contributed by atoms with Gasteiger partial charge in [0.1, 0.15) is 5.75 Å². The fourth-order valence-electron chi connectivity index (χ4n) is 2.54. The zero-order chi connectivity index (χ0) is 19.1. The van der Waals surface area contributed by atoms with Crippen molar-refractivity contribution in [3.8, 4) is 5.75 Å². The minimum atomic E-state index is -0.243. The Morgan fingerprint density at radius 1 is 1.04 bits per heavy atom. The molecule has 0 saturated carbocycles. The van der Waals surface area contributed by atoms with Gasteiger partial charge in [-0.3, -0.25) is 4.79 Å². The number of aryl methyl sites for hydroxylation is 1. The number of nitrogens with one attached hydrogen (secondary N) is 2. The van der Waals surface area contributed by atoms with Crippen LogP contribution in [0.5, 0.6) is 5.75 Å². The molecule has 0 saturated heterocycles. The molecule has 0 bridgehead atoms. The van der Waals surface area contributed by atoms with Crippen LogP contribution >= 0.6 is 0 Å². The Balaban J connectivity index is 1.51. The maximum Gasteiger partial charge on any atom is 0.271 e. The second-order valence-corrected chi connectivity index (χ2v) is 6.15. The average molecular weight is 362 g/mol. The van der Waals surface area contributed by atoms with Gasteiger partial charge in [-0.2, -0.15) is 0 Å².